The molecule has 2 atom stereocenters. The van der Waals surface area contributed by atoms with Crippen LogP contribution in [0.25, 0.3) is 0 Å². The number of carbonyl (C=O) groups excluding carboxylic acids is 1. The van der Waals surface area contributed by atoms with Crippen molar-refractivity contribution in [3.8, 4) is 0 Å². The Hall–Kier alpha value is -1.42. The van der Waals surface area contributed by atoms with Gasteiger partial charge >= 0.3 is 0 Å². The number of rotatable bonds is 3. The van der Waals surface area contributed by atoms with Gasteiger partial charge in [-0.15, -0.1) is 0 Å². The maximum absolute atomic E-state index is 12.9. The van der Waals surface area contributed by atoms with Crippen molar-refractivity contribution in [1.29, 1.82) is 0 Å². The first-order valence-corrected chi connectivity index (χ1v) is 8.06. The third-order valence-corrected chi connectivity index (χ3v) is 4.52. The van der Waals surface area contributed by atoms with Crippen molar-refractivity contribution >= 4 is 5.91 Å². The van der Waals surface area contributed by atoms with Crippen LogP contribution < -0.4 is 0 Å². The van der Waals surface area contributed by atoms with Gasteiger partial charge in [-0.3, -0.25) is 9.78 Å². The highest BCUT2D eigenvalue weighted by atomic mass is 16.5. The van der Waals surface area contributed by atoms with Crippen LogP contribution in [0.2, 0.25) is 0 Å². The van der Waals surface area contributed by atoms with Crippen molar-refractivity contribution in [3.63, 3.8) is 0 Å². The molecule has 2 aliphatic rings. The lowest BCUT2D eigenvalue weighted by Crippen LogP contribution is -2.46. The first-order chi connectivity index (χ1) is 10.2. The molecule has 0 unspecified atom stereocenters. The number of hydrogen-bond acceptors (Lipinski definition) is 3. The molecule has 1 aromatic rings. The van der Waals surface area contributed by atoms with E-state index in [4.69, 9.17) is 4.74 Å². The Kier molecular flexibility index (Phi) is 4.24. The van der Waals surface area contributed by atoms with Crippen molar-refractivity contribution < 1.29 is 9.53 Å². The van der Waals surface area contributed by atoms with Crippen LogP contribution in [0, 0.1) is 0 Å². The van der Waals surface area contributed by atoms with Crippen molar-refractivity contribution in [2.75, 3.05) is 6.61 Å². The lowest BCUT2D eigenvalue weighted by molar-refractivity contribution is -0.146. The second-order valence-electron chi connectivity index (χ2n) is 6.30. The number of amides is 1. The van der Waals surface area contributed by atoms with Crippen LogP contribution >= 0.6 is 0 Å². The highest BCUT2D eigenvalue weighted by molar-refractivity contribution is 5.82. The molecule has 1 amide bonds. The number of ether oxygens (including phenoxy) is 1. The Morgan fingerprint density at radius 1 is 1.38 bits per heavy atom. The van der Waals surface area contributed by atoms with Crippen LogP contribution in [0.4, 0.5) is 0 Å². The quantitative estimate of drug-likeness (QED) is 0.859. The minimum atomic E-state index is -0.249. The van der Waals surface area contributed by atoms with Gasteiger partial charge in [0.05, 0.1) is 11.7 Å². The monoisotopic (exact) mass is 288 g/mol. The average Bonchev–Trinajstić information content (AvgIpc) is 3.01. The molecule has 0 aromatic carbocycles. The van der Waals surface area contributed by atoms with Crippen LogP contribution in [0.5, 0.6) is 0 Å². The van der Waals surface area contributed by atoms with Gasteiger partial charge < -0.3 is 9.64 Å². The number of hydrogen-bond donors (Lipinski definition) is 0. The van der Waals surface area contributed by atoms with Crippen LogP contribution in [0.15, 0.2) is 18.3 Å². The number of aromatic nitrogens is 1. The molecule has 3 rings (SSSR count). The molecular weight excluding hydrogens is 264 g/mol. The van der Waals surface area contributed by atoms with Gasteiger partial charge in [0.1, 0.15) is 6.10 Å². The molecule has 4 nitrogen and oxygen atoms in total. The van der Waals surface area contributed by atoms with Gasteiger partial charge in [0.2, 0.25) is 0 Å². The van der Waals surface area contributed by atoms with E-state index in [2.05, 4.69) is 24.9 Å². The standard InChI is InChI=1S/C17H24N2O2/c1-12(2)19(17(20)15-9-5-11-21-15)14-8-3-6-13-7-4-10-18-16(13)14/h4,7,10,12,14-15H,3,5-6,8-9,11H2,1-2H3/t14-,15+/m0/s1. The summed E-state index contributed by atoms with van der Waals surface area (Å²) in [6.45, 7) is 4.88. The SMILES string of the molecule is CC(C)N(C(=O)[C@H]1CCCO1)[C@H]1CCCc2cccnc21. The Balaban J connectivity index is 1.89. The molecule has 1 aliphatic carbocycles. The van der Waals surface area contributed by atoms with Gasteiger partial charge in [0, 0.05) is 18.8 Å². The number of pyridine rings is 1. The molecule has 114 valence electrons. The minimum absolute atomic E-state index is 0.103. The lowest BCUT2D eigenvalue weighted by atomic mass is 9.90. The van der Waals surface area contributed by atoms with E-state index in [0.717, 1.165) is 37.8 Å². The van der Waals surface area contributed by atoms with Gasteiger partial charge in [0.15, 0.2) is 0 Å². The number of fused-ring (bicyclic) bond motifs is 1. The zero-order chi connectivity index (χ0) is 14.8. The highest BCUT2D eigenvalue weighted by Crippen LogP contribution is 2.35. The third kappa shape index (κ3) is 2.82. The van der Waals surface area contributed by atoms with E-state index < -0.39 is 0 Å². The zero-order valence-electron chi connectivity index (χ0n) is 12.9. The lowest BCUT2D eigenvalue weighted by Gasteiger charge is -2.38. The summed E-state index contributed by atoms with van der Waals surface area (Å²) in [5.74, 6) is 0.144. The Morgan fingerprint density at radius 2 is 2.24 bits per heavy atom. The predicted molar refractivity (Wildman–Crippen MR) is 80.9 cm³/mol. The van der Waals surface area contributed by atoms with E-state index in [1.165, 1.54) is 5.56 Å². The smallest absolute Gasteiger partial charge is 0.252 e. The number of aryl methyl sites for hydroxylation is 1. The average molecular weight is 288 g/mol. The van der Waals surface area contributed by atoms with E-state index in [0.29, 0.717) is 6.61 Å². The van der Waals surface area contributed by atoms with E-state index in [1.54, 1.807) is 0 Å². The molecule has 4 heteroatoms. The molecular formula is C17H24N2O2. The van der Waals surface area contributed by atoms with Crippen LogP contribution in [0.1, 0.15) is 56.8 Å². The van der Waals surface area contributed by atoms with Crippen molar-refractivity contribution in [2.45, 2.75) is 64.1 Å². The van der Waals surface area contributed by atoms with Crippen molar-refractivity contribution in [2.24, 2.45) is 0 Å². The fraction of sp³-hybridized carbons (Fsp3) is 0.647. The zero-order valence-corrected chi connectivity index (χ0v) is 12.9. The fourth-order valence-corrected chi connectivity index (χ4v) is 3.56. The molecule has 1 saturated heterocycles. The molecule has 0 radical (unpaired) electrons. The van der Waals surface area contributed by atoms with Gasteiger partial charge in [0.25, 0.3) is 5.91 Å². The van der Waals surface area contributed by atoms with E-state index in [9.17, 15) is 4.79 Å². The molecule has 0 bridgehead atoms. The molecule has 21 heavy (non-hydrogen) atoms. The molecule has 1 aromatic heterocycles. The van der Waals surface area contributed by atoms with Crippen molar-refractivity contribution in [1.82, 2.24) is 9.88 Å². The number of carbonyl (C=O) groups is 1. The summed E-state index contributed by atoms with van der Waals surface area (Å²) in [4.78, 5) is 19.5. The molecule has 2 heterocycles. The summed E-state index contributed by atoms with van der Waals surface area (Å²) in [6, 6.07) is 4.40. The molecule has 0 saturated carbocycles. The molecule has 1 aliphatic heterocycles. The third-order valence-electron chi connectivity index (χ3n) is 4.52. The first-order valence-electron chi connectivity index (χ1n) is 8.06. The maximum Gasteiger partial charge on any atom is 0.252 e. The Bertz CT molecular complexity index is 509. The summed E-state index contributed by atoms with van der Waals surface area (Å²) in [5.41, 5.74) is 2.38. The Labute approximate surface area is 126 Å². The summed E-state index contributed by atoms with van der Waals surface area (Å²) in [5, 5.41) is 0. The fourth-order valence-electron chi connectivity index (χ4n) is 3.56. The van der Waals surface area contributed by atoms with Crippen LogP contribution in [-0.4, -0.2) is 34.5 Å². The van der Waals surface area contributed by atoms with Crippen LogP contribution in [-0.2, 0) is 16.0 Å². The van der Waals surface area contributed by atoms with E-state index >= 15 is 0 Å². The Morgan fingerprint density at radius 3 is 2.95 bits per heavy atom. The summed E-state index contributed by atoms with van der Waals surface area (Å²) >= 11 is 0. The van der Waals surface area contributed by atoms with Gasteiger partial charge in [-0.05, 0) is 57.6 Å². The minimum Gasteiger partial charge on any atom is -0.368 e. The maximum atomic E-state index is 12.9. The van der Waals surface area contributed by atoms with Gasteiger partial charge in [-0.25, -0.2) is 0 Å². The van der Waals surface area contributed by atoms with Gasteiger partial charge in [-0.2, -0.15) is 0 Å². The highest BCUT2D eigenvalue weighted by Gasteiger charge is 2.36. The largest absolute Gasteiger partial charge is 0.368 e. The molecule has 0 spiro atoms. The van der Waals surface area contributed by atoms with Gasteiger partial charge in [-0.1, -0.05) is 6.07 Å². The predicted octanol–water partition coefficient (Wildman–Crippen LogP) is 2.88. The second kappa shape index (κ2) is 6.14. The van der Waals surface area contributed by atoms with Crippen LogP contribution in [0.3, 0.4) is 0 Å². The molecule has 1 fully saturated rings. The topological polar surface area (TPSA) is 42.4 Å². The normalized spacial score (nSPS) is 24.9. The number of nitrogens with zero attached hydrogens (tertiary/aromatic N) is 2. The summed E-state index contributed by atoms with van der Waals surface area (Å²) < 4.78 is 5.61. The summed E-state index contributed by atoms with van der Waals surface area (Å²) in [7, 11) is 0. The summed E-state index contributed by atoms with van der Waals surface area (Å²) in [6.07, 6.45) is 6.62. The second-order valence-corrected chi connectivity index (χ2v) is 6.30. The van der Waals surface area contributed by atoms with Crippen molar-refractivity contribution in [3.05, 3.63) is 29.6 Å². The van der Waals surface area contributed by atoms with E-state index in [-0.39, 0.29) is 24.1 Å². The molecule has 0 N–H and O–H groups in total. The van der Waals surface area contributed by atoms with E-state index in [1.807, 2.05) is 17.2 Å². The first kappa shape index (κ1) is 14.5.